The van der Waals surface area contributed by atoms with Crippen LogP contribution < -0.4 is 10.1 Å². The van der Waals surface area contributed by atoms with E-state index in [0.717, 1.165) is 12.1 Å². The molecule has 0 aliphatic carbocycles. The molecule has 0 spiro atoms. The molecule has 0 aliphatic rings. The Labute approximate surface area is 143 Å². The third-order valence-electron chi connectivity index (χ3n) is 3.55. The number of carbonyl (C=O) groups excluding carboxylic acids is 2. The van der Waals surface area contributed by atoms with Crippen LogP contribution in [0.15, 0.2) is 42.5 Å². The zero-order valence-electron chi connectivity index (χ0n) is 13.7. The van der Waals surface area contributed by atoms with Crippen molar-refractivity contribution >= 4 is 11.9 Å². The Kier molecular flexibility index (Phi) is 6.05. The van der Waals surface area contributed by atoms with Crippen molar-refractivity contribution in [2.75, 3.05) is 14.2 Å². The maximum absolute atomic E-state index is 13.3. The average Bonchev–Trinajstić information content (AvgIpc) is 2.60. The van der Waals surface area contributed by atoms with Gasteiger partial charge in [-0.3, -0.25) is 9.59 Å². The van der Waals surface area contributed by atoms with E-state index in [2.05, 4.69) is 10.1 Å². The van der Waals surface area contributed by atoms with Crippen molar-refractivity contribution in [2.24, 2.45) is 0 Å². The summed E-state index contributed by atoms with van der Waals surface area (Å²) in [4.78, 5) is 23.9. The third kappa shape index (κ3) is 5.00. The fourth-order valence-electron chi connectivity index (χ4n) is 2.26. The van der Waals surface area contributed by atoms with Crippen molar-refractivity contribution in [3.63, 3.8) is 0 Å². The summed E-state index contributed by atoms with van der Waals surface area (Å²) in [5, 5.41) is 2.59. The highest BCUT2D eigenvalue weighted by atomic mass is 19.1. The maximum atomic E-state index is 13.3. The Morgan fingerprint density at radius 2 is 1.64 bits per heavy atom. The lowest BCUT2D eigenvalue weighted by Gasteiger charge is -2.18. The van der Waals surface area contributed by atoms with Crippen molar-refractivity contribution < 1.29 is 27.8 Å². The number of halogens is 2. The van der Waals surface area contributed by atoms with Gasteiger partial charge in [0, 0.05) is 11.6 Å². The molecule has 0 bridgehead atoms. The van der Waals surface area contributed by atoms with Gasteiger partial charge in [0.1, 0.15) is 17.4 Å². The molecule has 0 fully saturated rings. The first kappa shape index (κ1) is 18.4. The van der Waals surface area contributed by atoms with Crippen LogP contribution in [0.5, 0.6) is 5.75 Å². The van der Waals surface area contributed by atoms with Gasteiger partial charge in [-0.1, -0.05) is 12.1 Å². The Hall–Kier alpha value is -2.96. The summed E-state index contributed by atoms with van der Waals surface area (Å²) >= 11 is 0. The summed E-state index contributed by atoms with van der Waals surface area (Å²) in [5.74, 6) is -2.35. The quantitative estimate of drug-likeness (QED) is 0.815. The summed E-state index contributed by atoms with van der Waals surface area (Å²) in [6, 6.07) is 8.49. The molecular weight excluding hydrogens is 332 g/mol. The molecule has 2 aromatic rings. The van der Waals surface area contributed by atoms with Crippen molar-refractivity contribution in [3.8, 4) is 5.75 Å². The summed E-state index contributed by atoms with van der Waals surface area (Å²) in [7, 11) is 2.75. The van der Waals surface area contributed by atoms with Gasteiger partial charge in [-0.2, -0.15) is 0 Å². The van der Waals surface area contributed by atoms with Crippen LogP contribution in [0.1, 0.15) is 28.4 Å². The Morgan fingerprint density at radius 1 is 1.04 bits per heavy atom. The van der Waals surface area contributed by atoms with E-state index in [4.69, 9.17) is 4.74 Å². The number of benzene rings is 2. The third-order valence-corrected chi connectivity index (χ3v) is 3.55. The van der Waals surface area contributed by atoms with Crippen LogP contribution in [0.25, 0.3) is 0 Å². The molecule has 132 valence electrons. The zero-order valence-corrected chi connectivity index (χ0v) is 13.7. The smallest absolute Gasteiger partial charge is 0.307 e. The molecule has 0 saturated carbocycles. The van der Waals surface area contributed by atoms with E-state index in [-0.39, 0.29) is 12.0 Å². The van der Waals surface area contributed by atoms with Gasteiger partial charge in [-0.05, 0) is 29.8 Å². The van der Waals surface area contributed by atoms with Gasteiger partial charge >= 0.3 is 5.97 Å². The summed E-state index contributed by atoms with van der Waals surface area (Å²) in [5.41, 5.74) is 0.442. The monoisotopic (exact) mass is 349 g/mol. The highest BCUT2D eigenvalue weighted by Gasteiger charge is 2.20. The Balaban J connectivity index is 2.25. The lowest BCUT2D eigenvalue weighted by Crippen LogP contribution is -2.30. The molecular formula is C18H17F2NO4. The predicted molar refractivity (Wildman–Crippen MR) is 86.2 cm³/mol. The van der Waals surface area contributed by atoms with Crippen LogP contribution in [0.4, 0.5) is 8.78 Å². The van der Waals surface area contributed by atoms with E-state index >= 15 is 0 Å². The average molecular weight is 349 g/mol. The number of methoxy groups -OCH3 is 2. The number of rotatable bonds is 6. The van der Waals surface area contributed by atoms with Gasteiger partial charge in [0.05, 0.1) is 26.7 Å². The molecule has 0 aliphatic heterocycles. The molecule has 5 nitrogen and oxygen atoms in total. The second-order valence-corrected chi connectivity index (χ2v) is 5.24. The molecule has 1 atom stereocenters. The van der Waals surface area contributed by atoms with Crippen LogP contribution in [0.2, 0.25) is 0 Å². The molecule has 0 aromatic heterocycles. The number of hydrogen-bond acceptors (Lipinski definition) is 4. The van der Waals surface area contributed by atoms with Crippen molar-refractivity contribution in [2.45, 2.75) is 12.5 Å². The van der Waals surface area contributed by atoms with E-state index in [1.807, 2.05) is 0 Å². The fourth-order valence-corrected chi connectivity index (χ4v) is 2.26. The minimum Gasteiger partial charge on any atom is -0.497 e. The lowest BCUT2D eigenvalue weighted by molar-refractivity contribution is -0.141. The van der Waals surface area contributed by atoms with Crippen LogP contribution >= 0.6 is 0 Å². The molecule has 2 aromatic carbocycles. The Bertz CT molecular complexity index is 742. The van der Waals surface area contributed by atoms with E-state index in [0.29, 0.717) is 17.4 Å². The molecule has 25 heavy (non-hydrogen) atoms. The molecule has 0 heterocycles. The van der Waals surface area contributed by atoms with E-state index < -0.39 is 29.6 Å². The minimum atomic E-state index is -0.862. The van der Waals surface area contributed by atoms with E-state index in [1.54, 1.807) is 24.3 Å². The molecule has 1 unspecified atom stereocenters. The van der Waals surface area contributed by atoms with Crippen LogP contribution in [0.3, 0.4) is 0 Å². The van der Waals surface area contributed by atoms with E-state index in [9.17, 15) is 18.4 Å². The zero-order chi connectivity index (χ0) is 18.4. The van der Waals surface area contributed by atoms with Gasteiger partial charge in [-0.15, -0.1) is 0 Å². The van der Waals surface area contributed by atoms with Gasteiger partial charge in [-0.25, -0.2) is 8.78 Å². The standard InChI is InChI=1S/C18H17F2NO4/c1-24-15-5-3-11(4-6-15)16(10-17(22)25-2)21-18(23)12-7-13(19)9-14(20)8-12/h3-9,16H,10H2,1-2H3,(H,21,23). The first-order chi connectivity index (χ1) is 11.9. The van der Waals surface area contributed by atoms with Gasteiger partial charge in [0.25, 0.3) is 5.91 Å². The number of ether oxygens (including phenoxy) is 2. The minimum absolute atomic E-state index is 0.133. The number of hydrogen-bond donors (Lipinski definition) is 1. The first-order valence-electron chi connectivity index (χ1n) is 7.40. The normalized spacial score (nSPS) is 11.5. The maximum Gasteiger partial charge on any atom is 0.307 e. The highest BCUT2D eigenvalue weighted by Crippen LogP contribution is 2.21. The largest absolute Gasteiger partial charge is 0.497 e. The van der Waals surface area contributed by atoms with Crippen LogP contribution in [-0.4, -0.2) is 26.1 Å². The number of nitrogens with one attached hydrogen (secondary N) is 1. The molecule has 0 radical (unpaired) electrons. The molecule has 1 N–H and O–H groups in total. The summed E-state index contributed by atoms with van der Waals surface area (Å²) in [6.07, 6.45) is -0.133. The molecule has 0 saturated heterocycles. The Morgan fingerprint density at radius 3 is 2.16 bits per heavy atom. The highest BCUT2D eigenvalue weighted by molar-refractivity contribution is 5.94. The predicted octanol–water partition coefficient (Wildman–Crippen LogP) is 3.01. The van der Waals surface area contributed by atoms with Gasteiger partial charge < -0.3 is 14.8 Å². The fraction of sp³-hybridized carbons (Fsp3) is 0.222. The second kappa shape index (κ2) is 8.23. The summed E-state index contributed by atoms with van der Waals surface area (Å²) < 4.78 is 36.3. The van der Waals surface area contributed by atoms with E-state index in [1.165, 1.54) is 14.2 Å². The number of esters is 1. The first-order valence-corrected chi connectivity index (χ1v) is 7.40. The van der Waals surface area contributed by atoms with Gasteiger partial charge in [0.15, 0.2) is 0 Å². The van der Waals surface area contributed by atoms with Crippen molar-refractivity contribution in [3.05, 3.63) is 65.2 Å². The van der Waals surface area contributed by atoms with Crippen LogP contribution in [0, 0.1) is 11.6 Å². The number of carbonyl (C=O) groups is 2. The molecule has 1 amide bonds. The van der Waals surface area contributed by atoms with Crippen molar-refractivity contribution in [1.29, 1.82) is 0 Å². The van der Waals surface area contributed by atoms with Gasteiger partial charge in [0.2, 0.25) is 0 Å². The second-order valence-electron chi connectivity index (χ2n) is 5.24. The lowest BCUT2D eigenvalue weighted by atomic mass is 10.0. The summed E-state index contributed by atoms with van der Waals surface area (Å²) in [6.45, 7) is 0. The van der Waals surface area contributed by atoms with Crippen LogP contribution in [-0.2, 0) is 9.53 Å². The SMILES string of the molecule is COC(=O)CC(NC(=O)c1cc(F)cc(F)c1)c1ccc(OC)cc1. The molecule has 7 heteroatoms. The topological polar surface area (TPSA) is 64.6 Å². The number of amides is 1. The van der Waals surface area contributed by atoms with Crippen molar-refractivity contribution in [1.82, 2.24) is 5.32 Å². The molecule has 2 rings (SSSR count).